The smallest absolute Gasteiger partial charge is 0.277 e. The van der Waals surface area contributed by atoms with Crippen LogP contribution in [0, 0.1) is 0 Å². The molecule has 0 aromatic heterocycles. The summed E-state index contributed by atoms with van der Waals surface area (Å²) in [4.78, 5) is 14.2. The number of benzene rings is 2. The maximum Gasteiger partial charge on any atom is 0.277 e. The first-order valence-corrected chi connectivity index (χ1v) is 9.73. The van der Waals surface area contributed by atoms with Gasteiger partial charge in [-0.25, -0.2) is 5.43 Å². The number of hydrogen-bond acceptors (Lipinski definition) is 6. The molecule has 1 heterocycles. The zero-order valence-corrected chi connectivity index (χ0v) is 17.4. The van der Waals surface area contributed by atoms with E-state index in [1.165, 1.54) is 6.21 Å². The first-order chi connectivity index (χ1) is 14.1. The van der Waals surface area contributed by atoms with Gasteiger partial charge in [-0.3, -0.25) is 4.79 Å². The molecule has 1 aliphatic rings. The van der Waals surface area contributed by atoms with Crippen LogP contribution in [0.5, 0.6) is 11.5 Å². The van der Waals surface area contributed by atoms with Gasteiger partial charge in [-0.05, 0) is 30.3 Å². The van der Waals surface area contributed by atoms with Crippen molar-refractivity contribution >= 4 is 41.0 Å². The molecule has 9 heteroatoms. The Hall–Kier alpha value is -2.48. The molecule has 1 N–H and O–H groups in total. The van der Waals surface area contributed by atoms with Crippen LogP contribution in [0.25, 0.3) is 0 Å². The van der Waals surface area contributed by atoms with Crippen molar-refractivity contribution in [2.75, 3.05) is 44.9 Å². The van der Waals surface area contributed by atoms with Gasteiger partial charge in [0, 0.05) is 35.4 Å². The van der Waals surface area contributed by atoms with Crippen LogP contribution in [0.2, 0.25) is 10.0 Å². The largest absolute Gasteiger partial charge is 0.496 e. The highest BCUT2D eigenvalue weighted by Gasteiger charge is 2.13. The lowest BCUT2D eigenvalue weighted by Crippen LogP contribution is -2.36. The Labute approximate surface area is 179 Å². The highest BCUT2D eigenvalue weighted by atomic mass is 35.5. The van der Waals surface area contributed by atoms with Gasteiger partial charge >= 0.3 is 0 Å². The monoisotopic (exact) mass is 437 g/mol. The number of nitrogens with zero attached hydrogens (tertiary/aromatic N) is 2. The zero-order chi connectivity index (χ0) is 20.6. The number of amides is 1. The Kier molecular flexibility index (Phi) is 7.57. The molecule has 7 nitrogen and oxygen atoms in total. The predicted octanol–water partition coefficient (Wildman–Crippen LogP) is 3.37. The quantitative estimate of drug-likeness (QED) is 0.530. The molecule has 2 aromatic rings. The average molecular weight is 438 g/mol. The lowest BCUT2D eigenvalue weighted by Gasteiger charge is -2.29. The van der Waals surface area contributed by atoms with E-state index >= 15 is 0 Å². The topological polar surface area (TPSA) is 72.4 Å². The lowest BCUT2D eigenvalue weighted by atomic mass is 10.1. The third-order valence-electron chi connectivity index (χ3n) is 4.24. The molecule has 1 amide bonds. The number of anilines is 1. The second-order valence-corrected chi connectivity index (χ2v) is 7.03. The van der Waals surface area contributed by atoms with E-state index in [2.05, 4.69) is 15.4 Å². The maximum atomic E-state index is 11.9. The molecule has 0 atom stereocenters. The van der Waals surface area contributed by atoms with Crippen molar-refractivity contribution in [3.63, 3.8) is 0 Å². The molecule has 0 aliphatic carbocycles. The van der Waals surface area contributed by atoms with Crippen molar-refractivity contribution < 1.29 is 19.0 Å². The van der Waals surface area contributed by atoms with Crippen LogP contribution in [-0.2, 0) is 9.53 Å². The summed E-state index contributed by atoms with van der Waals surface area (Å²) in [6.45, 7) is 2.86. The van der Waals surface area contributed by atoms with Crippen molar-refractivity contribution in [3.8, 4) is 11.5 Å². The summed E-state index contributed by atoms with van der Waals surface area (Å²) in [7, 11) is 1.60. The third-order valence-corrected chi connectivity index (χ3v) is 4.77. The molecule has 1 aliphatic heterocycles. The van der Waals surface area contributed by atoms with Gasteiger partial charge in [0.2, 0.25) is 0 Å². The van der Waals surface area contributed by atoms with Crippen molar-refractivity contribution in [1.29, 1.82) is 0 Å². The van der Waals surface area contributed by atoms with Gasteiger partial charge in [0.1, 0.15) is 11.5 Å². The van der Waals surface area contributed by atoms with Crippen molar-refractivity contribution in [2.24, 2.45) is 5.10 Å². The van der Waals surface area contributed by atoms with Gasteiger partial charge in [-0.1, -0.05) is 23.2 Å². The summed E-state index contributed by atoms with van der Waals surface area (Å²) < 4.78 is 16.2. The van der Waals surface area contributed by atoms with Crippen LogP contribution in [0.3, 0.4) is 0 Å². The van der Waals surface area contributed by atoms with Crippen molar-refractivity contribution in [3.05, 3.63) is 52.0 Å². The van der Waals surface area contributed by atoms with E-state index in [1.54, 1.807) is 25.3 Å². The number of ether oxygens (including phenoxy) is 3. The zero-order valence-electron chi connectivity index (χ0n) is 15.9. The molecule has 0 bridgehead atoms. The predicted molar refractivity (Wildman–Crippen MR) is 114 cm³/mol. The van der Waals surface area contributed by atoms with Crippen LogP contribution in [0.15, 0.2) is 41.5 Å². The van der Waals surface area contributed by atoms with Crippen LogP contribution in [0.4, 0.5) is 5.69 Å². The van der Waals surface area contributed by atoms with E-state index in [0.717, 1.165) is 24.3 Å². The summed E-state index contributed by atoms with van der Waals surface area (Å²) in [5.74, 6) is 0.614. The Bertz CT molecular complexity index is 886. The Morgan fingerprint density at radius 3 is 2.72 bits per heavy atom. The number of hydrogen-bond donors (Lipinski definition) is 1. The van der Waals surface area contributed by atoms with E-state index in [-0.39, 0.29) is 6.61 Å². The second kappa shape index (κ2) is 10.3. The van der Waals surface area contributed by atoms with E-state index in [1.807, 2.05) is 18.2 Å². The highest BCUT2D eigenvalue weighted by Crippen LogP contribution is 2.27. The Morgan fingerprint density at radius 2 is 2.00 bits per heavy atom. The fourth-order valence-corrected chi connectivity index (χ4v) is 3.23. The van der Waals surface area contributed by atoms with Crippen LogP contribution in [-0.4, -0.2) is 52.1 Å². The summed E-state index contributed by atoms with van der Waals surface area (Å²) >= 11 is 11.8. The minimum absolute atomic E-state index is 0.230. The van der Waals surface area contributed by atoms with E-state index in [0.29, 0.717) is 34.8 Å². The standard InChI is InChI=1S/C20H21Cl2N3O4/c1-27-19-11-16(25-6-8-28-9-7-25)4-2-14(19)12-23-24-20(26)13-29-18-5-3-15(21)10-17(18)22/h2-5,10-12H,6-9,13H2,1H3,(H,24,26)/b23-12+. The fraction of sp³-hybridized carbons (Fsp3) is 0.300. The SMILES string of the molecule is COc1cc(N2CCOCC2)ccc1/C=N/NC(=O)COc1ccc(Cl)cc1Cl. The molecular weight excluding hydrogens is 417 g/mol. The second-order valence-electron chi connectivity index (χ2n) is 6.18. The first-order valence-electron chi connectivity index (χ1n) is 8.97. The van der Waals surface area contributed by atoms with Crippen LogP contribution >= 0.6 is 23.2 Å². The molecule has 1 fully saturated rings. The summed E-state index contributed by atoms with van der Waals surface area (Å²) in [5.41, 5.74) is 4.21. The fourth-order valence-electron chi connectivity index (χ4n) is 2.77. The van der Waals surface area contributed by atoms with Gasteiger partial charge in [0.15, 0.2) is 6.61 Å². The van der Waals surface area contributed by atoms with E-state index in [9.17, 15) is 4.79 Å². The van der Waals surface area contributed by atoms with Gasteiger partial charge in [0.05, 0.1) is 31.6 Å². The summed E-state index contributed by atoms with van der Waals surface area (Å²) in [6.07, 6.45) is 1.52. The first kappa shape index (κ1) is 21.2. The molecule has 0 saturated carbocycles. The van der Waals surface area contributed by atoms with E-state index < -0.39 is 5.91 Å². The average Bonchev–Trinajstić information content (AvgIpc) is 2.74. The number of halogens is 2. The van der Waals surface area contributed by atoms with Gasteiger partial charge < -0.3 is 19.1 Å². The number of morpholine rings is 1. The molecule has 0 radical (unpaired) electrons. The van der Waals surface area contributed by atoms with E-state index in [4.69, 9.17) is 37.4 Å². The number of nitrogens with one attached hydrogen (secondary N) is 1. The Balaban J connectivity index is 1.55. The molecule has 3 rings (SSSR count). The normalized spacial score (nSPS) is 14.1. The van der Waals surface area contributed by atoms with Gasteiger partial charge in [-0.15, -0.1) is 0 Å². The third kappa shape index (κ3) is 6.00. The van der Waals surface area contributed by atoms with Crippen LogP contribution < -0.4 is 19.8 Å². The lowest BCUT2D eigenvalue weighted by molar-refractivity contribution is -0.123. The molecule has 154 valence electrons. The molecule has 1 saturated heterocycles. The summed E-state index contributed by atoms with van der Waals surface area (Å²) in [6, 6.07) is 10.6. The molecule has 0 unspecified atom stereocenters. The highest BCUT2D eigenvalue weighted by molar-refractivity contribution is 6.35. The van der Waals surface area contributed by atoms with Gasteiger partial charge in [0.25, 0.3) is 5.91 Å². The molecule has 2 aromatic carbocycles. The number of carbonyl (C=O) groups is 1. The van der Waals surface area contributed by atoms with Gasteiger partial charge in [-0.2, -0.15) is 5.10 Å². The molecule has 0 spiro atoms. The minimum atomic E-state index is -0.420. The summed E-state index contributed by atoms with van der Waals surface area (Å²) in [5, 5.41) is 4.79. The number of methoxy groups -OCH3 is 1. The number of carbonyl (C=O) groups excluding carboxylic acids is 1. The molecular formula is C20H21Cl2N3O4. The minimum Gasteiger partial charge on any atom is -0.496 e. The number of rotatable bonds is 7. The Morgan fingerprint density at radius 1 is 1.21 bits per heavy atom. The van der Waals surface area contributed by atoms with Crippen molar-refractivity contribution in [1.82, 2.24) is 5.43 Å². The maximum absolute atomic E-state index is 11.9. The van der Waals surface area contributed by atoms with Crippen LogP contribution in [0.1, 0.15) is 5.56 Å². The number of hydrazone groups is 1. The molecule has 29 heavy (non-hydrogen) atoms. The van der Waals surface area contributed by atoms with Crippen molar-refractivity contribution in [2.45, 2.75) is 0 Å².